The van der Waals surface area contributed by atoms with E-state index in [0.717, 1.165) is 29.5 Å². The van der Waals surface area contributed by atoms with Crippen LogP contribution in [0.3, 0.4) is 0 Å². The Labute approximate surface area is 166 Å². The van der Waals surface area contributed by atoms with Crippen LogP contribution in [0.2, 0.25) is 0 Å². The summed E-state index contributed by atoms with van der Waals surface area (Å²) in [7, 11) is 0. The van der Waals surface area contributed by atoms with Crippen molar-refractivity contribution in [3.63, 3.8) is 0 Å². The number of nitrogens with two attached hydrogens (primary N) is 2. The molecule has 0 spiro atoms. The lowest BCUT2D eigenvalue weighted by molar-refractivity contribution is 0.253. The number of halogens is 1. The monoisotopic (exact) mass is 390 g/mol. The molecule has 4 aromatic rings. The second-order valence-corrected chi connectivity index (χ2v) is 7.22. The minimum atomic E-state index is -0.345. The summed E-state index contributed by atoms with van der Waals surface area (Å²) in [5.74, 6) is 1.07. The van der Waals surface area contributed by atoms with Gasteiger partial charge in [-0.3, -0.25) is 0 Å². The van der Waals surface area contributed by atoms with Gasteiger partial charge in [0, 0.05) is 17.7 Å². The molecule has 8 heteroatoms. The van der Waals surface area contributed by atoms with Crippen molar-refractivity contribution in [1.82, 2.24) is 19.7 Å². The van der Waals surface area contributed by atoms with E-state index in [4.69, 9.17) is 21.3 Å². The van der Waals surface area contributed by atoms with Crippen LogP contribution in [0.4, 0.5) is 10.2 Å². The molecule has 0 saturated heterocycles. The number of anilines is 1. The van der Waals surface area contributed by atoms with Gasteiger partial charge in [0.05, 0.1) is 11.4 Å². The Kier molecular flexibility index (Phi) is 4.13. The van der Waals surface area contributed by atoms with E-state index in [1.54, 1.807) is 12.1 Å². The SMILES string of the molecule is Nc1ncnc2c1c(-c1ccc(Oc3cccc(F)c3)cc1)nn2C1CC(N)C1. The van der Waals surface area contributed by atoms with Gasteiger partial charge in [0.15, 0.2) is 5.65 Å². The predicted octanol–water partition coefficient (Wildman–Crippen LogP) is 3.67. The number of hydrogen-bond donors (Lipinski definition) is 2. The molecule has 1 aliphatic carbocycles. The predicted molar refractivity (Wildman–Crippen MR) is 108 cm³/mol. The topological polar surface area (TPSA) is 105 Å². The second-order valence-electron chi connectivity index (χ2n) is 7.22. The molecule has 5 rings (SSSR count). The summed E-state index contributed by atoms with van der Waals surface area (Å²) in [6.07, 6.45) is 3.18. The van der Waals surface area contributed by atoms with Crippen molar-refractivity contribution < 1.29 is 9.13 Å². The average Bonchev–Trinajstić information content (AvgIpc) is 3.07. The lowest BCUT2D eigenvalue weighted by atomic mass is 9.88. The maximum Gasteiger partial charge on any atom is 0.164 e. The van der Waals surface area contributed by atoms with Crippen molar-refractivity contribution in [3.05, 3.63) is 60.7 Å². The summed E-state index contributed by atoms with van der Waals surface area (Å²) in [6.45, 7) is 0. The van der Waals surface area contributed by atoms with Gasteiger partial charge >= 0.3 is 0 Å². The molecular formula is C21H19FN6O. The van der Waals surface area contributed by atoms with Crippen molar-refractivity contribution >= 4 is 16.9 Å². The highest BCUT2D eigenvalue weighted by Crippen LogP contribution is 2.37. The molecule has 0 amide bonds. The maximum absolute atomic E-state index is 13.3. The molecule has 0 aliphatic heterocycles. The summed E-state index contributed by atoms with van der Waals surface area (Å²) >= 11 is 0. The van der Waals surface area contributed by atoms with Crippen LogP contribution < -0.4 is 16.2 Å². The second kappa shape index (κ2) is 6.82. The molecule has 1 fully saturated rings. The molecule has 1 aliphatic rings. The Morgan fingerprint density at radius 3 is 2.55 bits per heavy atom. The number of aromatic nitrogens is 4. The molecular weight excluding hydrogens is 371 g/mol. The zero-order valence-electron chi connectivity index (χ0n) is 15.5. The van der Waals surface area contributed by atoms with E-state index in [-0.39, 0.29) is 17.9 Å². The van der Waals surface area contributed by atoms with Crippen LogP contribution in [-0.4, -0.2) is 25.8 Å². The van der Waals surface area contributed by atoms with Crippen LogP contribution in [0.15, 0.2) is 54.9 Å². The fourth-order valence-electron chi connectivity index (χ4n) is 3.63. The van der Waals surface area contributed by atoms with Crippen LogP contribution in [0.5, 0.6) is 11.5 Å². The molecule has 0 unspecified atom stereocenters. The van der Waals surface area contributed by atoms with Gasteiger partial charge in [-0.25, -0.2) is 19.0 Å². The van der Waals surface area contributed by atoms with Gasteiger partial charge in [-0.15, -0.1) is 0 Å². The van der Waals surface area contributed by atoms with Crippen molar-refractivity contribution in [2.75, 3.05) is 5.73 Å². The number of nitrogen functional groups attached to an aromatic ring is 1. The molecule has 0 bridgehead atoms. The van der Waals surface area contributed by atoms with Gasteiger partial charge in [-0.2, -0.15) is 5.10 Å². The fourth-order valence-corrected chi connectivity index (χ4v) is 3.63. The molecule has 0 atom stereocenters. The Balaban J connectivity index is 1.50. The Bertz CT molecular complexity index is 1180. The molecule has 2 heterocycles. The lowest BCUT2D eigenvalue weighted by Gasteiger charge is -2.32. The standard InChI is InChI=1S/C21H19FN6O/c22-13-2-1-3-17(8-13)29-16-6-4-12(5-7-16)19-18-20(24)25-11-26-21(18)28(27-19)15-9-14(23)10-15/h1-8,11,14-15H,9-10,23H2,(H2,24,25,26). The molecule has 1 saturated carbocycles. The number of rotatable bonds is 4. The molecule has 146 valence electrons. The van der Waals surface area contributed by atoms with E-state index < -0.39 is 0 Å². The number of hydrogen-bond acceptors (Lipinski definition) is 6. The minimum absolute atomic E-state index is 0.195. The third kappa shape index (κ3) is 3.17. The number of ether oxygens (including phenoxy) is 1. The molecule has 4 N–H and O–H groups in total. The summed E-state index contributed by atoms with van der Waals surface area (Å²) < 4.78 is 21.0. The van der Waals surface area contributed by atoms with E-state index in [1.165, 1.54) is 18.5 Å². The Hall–Kier alpha value is -3.52. The highest BCUT2D eigenvalue weighted by atomic mass is 19.1. The Morgan fingerprint density at radius 1 is 1.03 bits per heavy atom. The number of fused-ring (bicyclic) bond motifs is 1. The van der Waals surface area contributed by atoms with Crippen LogP contribution in [0.1, 0.15) is 18.9 Å². The third-order valence-electron chi connectivity index (χ3n) is 5.17. The van der Waals surface area contributed by atoms with Crippen LogP contribution in [-0.2, 0) is 0 Å². The Morgan fingerprint density at radius 2 is 1.83 bits per heavy atom. The minimum Gasteiger partial charge on any atom is -0.457 e. The fraction of sp³-hybridized carbons (Fsp3) is 0.190. The van der Waals surface area contributed by atoms with Gasteiger partial charge < -0.3 is 16.2 Å². The van der Waals surface area contributed by atoms with Gasteiger partial charge in [0.2, 0.25) is 0 Å². The van der Waals surface area contributed by atoms with Gasteiger partial charge in [0.1, 0.15) is 35.2 Å². The first kappa shape index (κ1) is 17.6. The van der Waals surface area contributed by atoms with E-state index in [1.807, 2.05) is 28.9 Å². The molecule has 2 aromatic heterocycles. The third-order valence-corrected chi connectivity index (χ3v) is 5.17. The van der Waals surface area contributed by atoms with Crippen molar-refractivity contribution in [2.24, 2.45) is 5.73 Å². The number of nitrogens with zero attached hydrogens (tertiary/aromatic N) is 4. The molecule has 0 radical (unpaired) electrons. The van der Waals surface area contributed by atoms with Gasteiger partial charge in [-0.05, 0) is 49.2 Å². The molecule has 29 heavy (non-hydrogen) atoms. The summed E-state index contributed by atoms with van der Waals surface area (Å²) in [6, 6.07) is 13.8. The van der Waals surface area contributed by atoms with E-state index in [2.05, 4.69) is 9.97 Å². The highest BCUT2D eigenvalue weighted by Gasteiger charge is 2.31. The zero-order chi connectivity index (χ0) is 20.0. The summed E-state index contributed by atoms with van der Waals surface area (Å²) in [4.78, 5) is 8.54. The summed E-state index contributed by atoms with van der Waals surface area (Å²) in [5.41, 5.74) is 14.4. The highest BCUT2D eigenvalue weighted by molar-refractivity contribution is 5.98. The van der Waals surface area contributed by atoms with E-state index in [9.17, 15) is 4.39 Å². The smallest absolute Gasteiger partial charge is 0.164 e. The number of benzene rings is 2. The van der Waals surface area contributed by atoms with Crippen molar-refractivity contribution in [3.8, 4) is 22.8 Å². The maximum atomic E-state index is 13.3. The van der Waals surface area contributed by atoms with Gasteiger partial charge in [0.25, 0.3) is 0 Å². The first-order valence-electron chi connectivity index (χ1n) is 9.36. The van der Waals surface area contributed by atoms with Crippen LogP contribution in [0.25, 0.3) is 22.3 Å². The van der Waals surface area contributed by atoms with E-state index >= 15 is 0 Å². The van der Waals surface area contributed by atoms with E-state index in [0.29, 0.717) is 23.0 Å². The van der Waals surface area contributed by atoms with Crippen LogP contribution >= 0.6 is 0 Å². The molecule has 7 nitrogen and oxygen atoms in total. The van der Waals surface area contributed by atoms with Gasteiger partial charge in [-0.1, -0.05) is 6.07 Å². The molecule has 2 aromatic carbocycles. The largest absolute Gasteiger partial charge is 0.457 e. The zero-order valence-corrected chi connectivity index (χ0v) is 15.5. The average molecular weight is 390 g/mol. The van der Waals surface area contributed by atoms with Crippen molar-refractivity contribution in [1.29, 1.82) is 0 Å². The quantitative estimate of drug-likeness (QED) is 0.551. The first-order valence-corrected chi connectivity index (χ1v) is 9.36. The first-order chi connectivity index (χ1) is 14.1. The van der Waals surface area contributed by atoms with Crippen molar-refractivity contribution in [2.45, 2.75) is 24.9 Å². The van der Waals surface area contributed by atoms with Crippen LogP contribution in [0, 0.1) is 5.82 Å². The summed E-state index contributed by atoms with van der Waals surface area (Å²) in [5, 5.41) is 5.52. The lowest BCUT2D eigenvalue weighted by Crippen LogP contribution is -2.38. The normalized spacial score (nSPS) is 18.6.